The Morgan fingerprint density at radius 3 is 2.22 bits per heavy atom. The first-order valence-electron chi connectivity index (χ1n) is 8.74. The smallest absolute Gasteiger partial charge is 0.189 e. The molecule has 0 bridgehead atoms. The molecule has 0 aliphatic carbocycles. The molecule has 0 spiro atoms. The monoisotopic (exact) mass is 419 g/mol. The van der Waals surface area contributed by atoms with Gasteiger partial charge in [-0.3, -0.25) is 10.2 Å². The number of nitrogens with zero attached hydrogens (tertiary/aromatic N) is 1. The summed E-state index contributed by atoms with van der Waals surface area (Å²) in [4.78, 5) is 15.3. The van der Waals surface area contributed by atoms with Crippen LogP contribution in [0.15, 0.2) is 78.9 Å². The molecule has 1 aliphatic heterocycles. The summed E-state index contributed by atoms with van der Waals surface area (Å²) < 4.78 is 0. The van der Waals surface area contributed by atoms with Gasteiger partial charge < -0.3 is 21.9 Å². The molecule has 0 aromatic heterocycles. The fourth-order valence-electron chi connectivity index (χ4n) is 3.51. The lowest BCUT2D eigenvalue weighted by Gasteiger charge is -2.29. The average Bonchev–Trinajstić information content (AvgIpc) is 3.00. The van der Waals surface area contributed by atoms with E-state index in [2.05, 4.69) is 0 Å². The van der Waals surface area contributed by atoms with Gasteiger partial charge in [-0.2, -0.15) is 0 Å². The highest BCUT2D eigenvalue weighted by Crippen LogP contribution is 2.33. The van der Waals surface area contributed by atoms with Crippen LogP contribution in [0, 0.1) is 12.3 Å². The maximum absolute atomic E-state index is 13.4. The second-order valence-electron chi connectivity index (χ2n) is 6.68. The van der Waals surface area contributed by atoms with E-state index < -0.39 is 6.04 Å². The molecule has 3 nitrogen and oxygen atoms in total. The quantitative estimate of drug-likeness (QED) is 0.654. The number of ketones is 1. The van der Waals surface area contributed by atoms with Crippen LogP contribution in [0.3, 0.4) is 0 Å². The van der Waals surface area contributed by atoms with Crippen molar-refractivity contribution in [2.45, 2.75) is 19.5 Å². The molecule has 0 fully saturated rings. The van der Waals surface area contributed by atoms with Gasteiger partial charge >= 0.3 is 0 Å². The Hall–Kier alpha value is -2.72. The number of nitrogens with one attached hydrogen (secondary N) is 1. The van der Waals surface area contributed by atoms with Crippen LogP contribution in [0.4, 0.5) is 0 Å². The number of aryl methyl sites for hydroxylation is 1. The van der Waals surface area contributed by atoms with Gasteiger partial charge in [-0.05, 0) is 18.1 Å². The van der Waals surface area contributed by atoms with Crippen molar-refractivity contribution in [1.82, 2.24) is 4.90 Å². The summed E-state index contributed by atoms with van der Waals surface area (Å²) >= 11 is 0. The molecule has 0 saturated heterocycles. The Labute approximate surface area is 169 Å². The van der Waals surface area contributed by atoms with Gasteiger partial charge in [-0.25, -0.2) is 0 Å². The Morgan fingerprint density at radius 1 is 0.926 bits per heavy atom. The van der Waals surface area contributed by atoms with Crippen LogP contribution < -0.4 is 17.0 Å². The number of rotatable bonds is 4. The van der Waals surface area contributed by atoms with E-state index in [1.54, 1.807) is 0 Å². The van der Waals surface area contributed by atoms with Crippen LogP contribution in [-0.2, 0) is 6.54 Å². The second-order valence-corrected chi connectivity index (χ2v) is 6.68. The third kappa shape index (κ3) is 3.58. The van der Waals surface area contributed by atoms with Crippen molar-refractivity contribution in [1.29, 1.82) is 5.41 Å². The highest BCUT2D eigenvalue weighted by atomic mass is 79.9. The number of Topliss-reactive ketones (excluding diaryl/α,β-unsaturated/α-hetero) is 1. The van der Waals surface area contributed by atoms with Crippen molar-refractivity contribution in [2.75, 3.05) is 0 Å². The fourth-order valence-corrected chi connectivity index (χ4v) is 3.51. The maximum atomic E-state index is 13.4. The Morgan fingerprint density at radius 2 is 1.56 bits per heavy atom. The van der Waals surface area contributed by atoms with Gasteiger partial charge in [-0.15, -0.1) is 0 Å². The molecule has 4 heteroatoms. The van der Waals surface area contributed by atoms with Crippen molar-refractivity contribution in [2.24, 2.45) is 0 Å². The summed E-state index contributed by atoms with van der Waals surface area (Å²) in [6.07, 6.45) is 0. The van der Waals surface area contributed by atoms with Gasteiger partial charge in [-0.1, -0.05) is 84.4 Å². The summed E-state index contributed by atoms with van der Waals surface area (Å²) in [7, 11) is 0. The summed E-state index contributed by atoms with van der Waals surface area (Å²) in [6, 6.07) is 24.8. The number of fused-ring (bicyclic) bond motifs is 1. The van der Waals surface area contributed by atoms with Gasteiger partial charge in [0.15, 0.2) is 5.78 Å². The molecule has 4 rings (SSSR count). The zero-order valence-electron chi connectivity index (χ0n) is 15.0. The molecule has 0 saturated carbocycles. The number of benzene rings is 3. The molecule has 3 aromatic rings. The maximum Gasteiger partial charge on any atom is 0.189 e. The average molecular weight is 420 g/mol. The molecule has 1 N–H and O–H groups in total. The largest absolute Gasteiger partial charge is 1.00 e. The lowest BCUT2D eigenvalue weighted by atomic mass is 9.95. The first-order valence-corrected chi connectivity index (χ1v) is 8.74. The number of hydrogen-bond acceptors (Lipinski definition) is 2. The number of carbonyl (C=O) groups is 1. The van der Waals surface area contributed by atoms with Crippen LogP contribution in [0.5, 0.6) is 0 Å². The van der Waals surface area contributed by atoms with Crippen LogP contribution in [0.1, 0.15) is 38.7 Å². The third-order valence-corrected chi connectivity index (χ3v) is 4.91. The van der Waals surface area contributed by atoms with Gasteiger partial charge in [0.05, 0.1) is 0 Å². The van der Waals surface area contributed by atoms with Gasteiger partial charge in [0, 0.05) is 17.7 Å². The minimum Gasteiger partial charge on any atom is -1.00 e. The molecular weight excluding hydrogens is 400 g/mol. The van der Waals surface area contributed by atoms with Crippen LogP contribution >= 0.6 is 0 Å². The van der Waals surface area contributed by atoms with Gasteiger partial charge in [0.1, 0.15) is 11.9 Å². The number of halogens is 1. The van der Waals surface area contributed by atoms with Crippen LogP contribution in [0.25, 0.3) is 0 Å². The van der Waals surface area contributed by atoms with E-state index in [4.69, 9.17) is 5.41 Å². The second kappa shape index (κ2) is 7.89. The van der Waals surface area contributed by atoms with E-state index >= 15 is 0 Å². The van der Waals surface area contributed by atoms with Crippen molar-refractivity contribution in [3.63, 3.8) is 0 Å². The van der Waals surface area contributed by atoms with E-state index in [-0.39, 0.29) is 22.8 Å². The summed E-state index contributed by atoms with van der Waals surface area (Å²) in [5, 5.41) is 8.63. The van der Waals surface area contributed by atoms with E-state index in [0.717, 1.165) is 22.3 Å². The molecular formula is C23H20BrN2O-. The molecule has 1 aliphatic rings. The predicted octanol–water partition coefficient (Wildman–Crippen LogP) is 1.76. The number of carbonyl (C=O) groups excluding carboxylic acids is 1. The molecule has 3 aromatic carbocycles. The van der Waals surface area contributed by atoms with Crippen molar-refractivity contribution in [3.8, 4) is 0 Å². The Balaban J connectivity index is 0.00000210. The zero-order chi connectivity index (χ0) is 18.1. The molecule has 0 radical (unpaired) electrons. The summed E-state index contributed by atoms with van der Waals surface area (Å²) in [6.45, 7) is 2.59. The summed E-state index contributed by atoms with van der Waals surface area (Å²) in [5.74, 6) is 0.434. The molecule has 1 atom stereocenters. The minimum absolute atomic E-state index is 0. The van der Waals surface area contributed by atoms with E-state index in [1.807, 2.05) is 90.7 Å². The topological polar surface area (TPSA) is 44.2 Å². The number of amidine groups is 1. The highest BCUT2D eigenvalue weighted by Gasteiger charge is 2.35. The zero-order valence-corrected chi connectivity index (χ0v) is 16.6. The lowest BCUT2D eigenvalue weighted by Crippen LogP contribution is -3.00. The Bertz CT molecular complexity index is 967. The number of hydrogen-bond donors (Lipinski definition) is 1. The van der Waals surface area contributed by atoms with E-state index in [1.165, 1.54) is 0 Å². The third-order valence-electron chi connectivity index (χ3n) is 4.91. The molecule has 0 amide bonds. The van der Waals surface area contributed by atoms with Crippen molar-refractivity contribution < 1.29 is 21.8 Å². The van der Waals surface area contributed by atoms with Crippen LogP contribution in [-0.4, -0.2) is 16.5 Å². The minimum atomic E-state index is -0.501. The van der Waals surface area contributed by atoms with Crippen molar-refractivity contribution in [3.05, 3.63) is 107 Å². The fraction of sp³-hybridized carbons (Fsp3) is 0.130. The SMILES string of the molecule is Cc1ccc(C(=O)C(c2ccccc2)N2Cc3ccccc3C2=N)cc1.[Br-]. The first kappa shape index (κ1) is 19.1. The molecule has 1 unspecified atom stereocenters. The summed E-state index contributed by atoms with van der Waals surface area (Å²) in [5.41, 5.74) is 4.71. The highest BCUT2D eigenvalue weighted by molar-refractivity contribution is 6.07. The molecule has 1 heterocycles. The normalized spacial score (nSPS) is 13.7. The van der Waals surface area contributed by atoms with E-state index in [9.17, 15) is 4.79 Å². The molecule has 27 heavy (non-hydrogen) atoms. The van der Waals surface area contributed by atoms with E-state index in [0.29, 0.717) is 17.9 Å². The van der Waals surface area contributed by atoms with Crippen LogP contribution in [0.2, 0.25) is 0 Å². The van der Waals surface area contributed by atoms with Crippen molar-refractivity contribution >= 4 is 11.6 Å². The van der Waals surface area contributed by atoms with Gasteiger partial charge in [0.25, 0.3) is 0 Å². The Kier molecular flexibility index (Phi) is 5.57. The lowest BCUT2D eigenvalue weighted by molar-refractivity contribution is -0.0000136. The predicted molar refractivity (Wildman–Crippen MR) is 104 cm³/mol. The van der Waals surface area contributed by atoms with Gasteiger partial charge in [0.2, 0.25) is 0 Å². The molecule has 136 valence electrons. The first-order chi connectivity index (χ1) is 12.6. The standard InChI is InChI=1S/C23H20N2O.BrH/c1-16-11-13-18(14-12-16)22(26)21(17-7-3-2-4-8-17)25-15-19-9-5-6-10-20(19)23(25)24;/h2-14,21,24H,15H2,1H3;1H/p-1.